The smallest absolute Gasteiger partial charge is 0.372 e. The van der Waals surface area contributed by atoms with Gasteiger partial charge in [-0.3, -0.25) is 9.59 Å². The maximum Gasteiger partial charge on any atom is 0.372 e. The molecule has 0 aliphatic heterocycles. The number of rotatable bonds is 6. The van der Waals surface area contributed by atoms with Crippen molar-refractivity contribution in [1.82, 2.24) is 0 Å². The highest BCUT2D eigenvalue weighted by molar-refractivity contribution is 6.36. The largest absolute Gasteiger partial charge is 0.475 e. The van der Waals surface area contributed by atoms with E-state index >= 15 is 0 Å². The molecule has 17 heavy (non-hydrogen) atoms. The number of halogens is 1. The highest BCUT2D eigenvalue weighted by atomic mass is 35.5. The summed E-state index contributed by atoms with van der Waals surface area (Å²) in [5.74, 6) is -3.01. The van der Waals surface area contributed by atoms with Gasteiger partial charge in [0.25, 0.3) is 0 Å². The fraction of sp³-hybridized carbons (Fsp3) is 0.250. The molecule has 0 unspecified atom stereocenters. The summed E-state index contributed by atoms with van der Waals surface area (Å²) >= 11 is 5.77. The average molecular weight is 255 g/mol. The molecule has 1 aromatic carbocycles. The Morgan fingerprint density at radius 2 is 1.94 bits per heavy atom. The number of Topliss-reactive ketones (excluding diaryl/α,β-unsaturated/α-hetero) is 2. The molecule has 0 aliphatic carbocycles. The van der Waals surface area contributed by atoms with Gasteiger partial charge in [-0.15, -0.1) is 0 Å². The molecule has 0 saturated carbocycles. The van der Waals surface area contributed by atoms with E-state index in [1.165, 1.54) is 0 Å². The number of carbonyl (C=O) groups excluding carboxylic acids is 2. The molecule has 0 amide bonds. The topological polar surface area (TPSA) is 71.4 Å². The monoisotopic (exact) mass is 254 g/mol. The molecular weight excluding hydrogens is 244 g/mol. The third-order valence-corrected chi connectivity index (χ3v) is 2.41. The van der Waals surface area contributed by atoms with E-state index in [0.717, 1.165) is 5.56 Å². The molecule has 1 N–H and O–H groups in total. The second-order valence-electron chi connectivity index (χ2n) is 3.57. The summed E-state index contributed by atoms with van der Waals surface area (Å²) in [6.45, 7) is 0. The van der Waals surface area contributed by atoms with Crippen LogP contribution in [0, 0.1) is 0 Å². The Morgan fingerprint density at radius 1 is 1.24 bits per heavy atom. The molecule has 0 spiro atoms. The fourth-order valence-corrected chi connectivity index (χ4v) is 1.53. The van der Waals surface area contributed by atoms with Gasteiger partial charge in [0.2, 0.25) is 5.78 Å². The molecule has 0 radical (unpaired) electrons. The Kier molecular flexibility index (Phi) is 4.84. The number of benzene rings is 1. The van der Waals surface area contributed by atoms with Crippen molar-refractivity contribution in [3.63, 3.8) is 0 Å². The second-order valence-corrected chi connectivity index (χ2v) is 4.01. The van der Waals surface area contributed by atoms with Crippen molar-refractivity contribution in [3.05, 3.63) is 34.9 Å². The van der Waals surface area contributed by atoms with Crippen molar-refractivity contribution in [2.24, 2.45) is 0 Å². The number of aliphatic carboxylic acids is 1. The van der Waals surface area contributed by atoms with E-state index in [2.05, 4.69) is 0 Å². The first-order valence-electron chi connectivity index (χ1n) is 5.01. The van der Waals surface area contributed by atoms with E-state index in [4.69, 9.17) is 16.7 Å². The van der Waals surface area contributed by atoms with Gasteiger partial charge in [0, 0.05) is 11.4 Å². The van der Waals surface area contributed by atoms with Crippen LogP contribution in [0.2, 0.25) is 5.02 Å². The van der Waals surface area contributed by atoms with Gasteiger partial charge < -0.3 is 5.11 Å². The number of ketones is 2. The molecule has 0 saturated heterocycles. The number of aryl methyl sites for hydroxylation is 1. The van der Waals surface area contributed by atoms with Crippen LogP contribution in [0.5, 0.6) is 0 Å². The zero-order valence-corrected chi connectivity index (χ0v) is 9.74. The van der Waals surface area contributed by atoms with Crippen LogP contribution in [-0.4, -0.2) is 22.6 Å². The molecule has 0 heterocycles. The van der Waals surface area contributed by atoms with E-state index < -0.39 is 18.2 Å². The Balaban J connectivity index is 2.43. The first kappa shape index (κ1) is 13.4. The van der Waals surface area contributed by atoms with Gasteiger partial charge in [-0.25, -0.2) is 4.79 Å². The first-order valence-corrected chi connectivity index (χ1v) is 5.39. The lowest BCUT2D eigenvalue weighted by molar-refractivity contribution is -0.150. The molecule has 90 valence electrons. The van der Waals surface area contributed by atoms with E-state index in [9.17, 15) is 14.4 Å². The zero-order chi connectivity index (χ0) is 12.8. The molecular formula is C12H11ClO4. The first-order chi connectivity index (χ1) is 7.99. The van der Waals surface area contributed by atoms with Crippen LogP contribution in [-0.2, 0) is 20.8 Å². The van der Waals surface area contributed by atoms with Crippen molar-refractivity contribution in [3.8, 4) is 0 Å². The van der Waals surface area contributed by atoms with Gasteiger partial charge in [0.15, 0.2) is 0 Å². The predicted octanol–water partition coefficient (Wildman–Crippen LogP) is 1.89. The summed E-state index contributed by atoms with van der Waals surface area (Å²) in [6.07, 6.45) is 0.0432. The number of hydrogen-bond donors (Lipinski definition) is 1. The molecule has 4 nitrogen and oxygen atoms in total. The third-order valence-electron chi connectivity index (χ3n) is 2.18. The number of carbonyl (C=O) groups is 3. The third kappa shape index (κ3) is 4.78. The highest BCUT2D eigenvalue weighted by Crippen LogP contribution is 2.12. The van der Waals surface area contributed by atoms with E-state index in [1.54, 1.807) is 18.2 Å². The molecule has 1 aromatic rings. The molecule has 0 atom stereocenters. The minimum atomic E-state index is -1.57. The van der Waals surface area contributed by atoms with Crippen LogP contribution in [0.4, 0.5) is 0 Å². The predicted molar refractivity (Wildman–Crippen MR) is 62.0 cm³/mol. The van der Waals surface area contributed by atoms with Gasteiger partial charge in [0.1, 0.15) is 5.78 Å². The molecule has 5 heteroatoms. The summed E-state index contributed by atoms with van der Waals surface area (Å²) in [5.41, 5.74) is 0.883. The van der Waals surface area contributed by atoms with Crippen LogP contribution >= 0.6 is 11.6 Å². The highest BCUT2D eigenvalue weighted by Gasteiger charge is 2.16. The summed E-state index contributed by atoms with van der Waals surface area (Å²) in [4.78, 5) is 32.3. The minimum Gasteiger partial charge on any atom is -0.475 e. The van der Waals surface area contributed by atoms with Crippen LogP contribution in [0.3, 0.4) is 0 Å². The van der Waals surface area contributed by atoms with Gasteiger partial charge in [-0.1, -0.05) is 23.7 Å². The van der Waals surface area contributed by atoms with E-state index in [1.807, 2.05) is 6.07 Å². The minimum absolute atomic E-state index is 0.138. The van der Waals surface area contributed by atoms with Crippen molar-refractivity contribution in [2.45, 2.75) is 19.3 Å². The SMILES string of the molecule is O=C(CCc1cccc(Cl)c1)CC(=O)C(=O)O. The average Bonchev–Trinajstić information content (AvgIpc) is 2.26. The summed E-state index contributed by atoms with van der Waals surface area (Å²) in [7, 11) is 0. The molecule has 0 bridgehead atoms. The lowest BCUT2D eigenvalue weighted by atomic mass is 10.0. The van der Waals surface area contributed by atoms with Crippen LogP contribution in [0.15, 0.2) is 24.3 Å². The number of carboxylic acid groups (broad SMARTS) is 1. The van der Waals surface area contributed by atoms with Crippen LogP contribution < -0.4 is 0 Å². The van der Waals surface area contributed by atoms with Crippen molar-refractivity contribution < 1.29 is 19.5 Å². The Labute approximate surface area is 103 Å². The van der Waals surface area contributed by atoms with E-state index in [-0.39, 0.29) is 12.2 Å². The Hall–Kier alpha value is -1.68. The van der Waals surface area contributed by atoms with Crippen LogP contribution in [0.25, 0.3) is 0 Å². The summed E-state index contributed by atoms with van der Waals surface area (Å²) in [5, 5.41) is 8.91. The zero-order valence-electron chi connectivity index (χ0n) is 8.98. The summed E-state index contributed by atoms with van der Waals surface area (Å²) < 4.78 is 0. The summed E-state index contributed by atoms with van der Waals surface area (Å²) in [6, 6.07) is 7.04. The molecule has 0 aromatic heterocycles. The Morgan fingerprint density at radius 3 is 2.53 bits per heavy atom. The van der Waals surface area contributed by atoms with Gasteiger partial charge >= 0.3 is 5.97 Å². The standard InChI is InChI=1S/C12H11ClO4/c13-9-3-1-2-8(6-9)4-5-10(14)7-11(15)12(16)17/h1-3,6H,4-5,7H2,(H,16,17). The van der Waals surface area contributed by atoms with Gasteiger partial charge in [-0.2, -0.15) is 0 Å². The normalized spacial score (nSPS) is 9.94. The lowest BCUT2D eigenvalue weighted by Crippen LogP contribution is -2.17. The fourth-order valence-electron chi connectivity index (χ4n) is 1.32. The van der Waals surface area contributed by atoms with Crippen LogP contribution in [0.1, 0.15) is 18.4 Å². The van der Waals surface area contributed by atoms with Crippen molar-refractivity contribution >= 4 is 29.1 Å². The van der Waals surface area contributed by atoms with E-state index in [0.29, 0.717) is 11.4 Å². The molecule has 1 rings (SSSR count). The molecule has 0 fully saturated rings. The quantitative estimate of drug-likeness (QED) is 0.622. The van der Waals surface area contributed by atoms with Gasteiger partial charge in [-0.05, 0) is 24.1 Å². The van der Waals surface area contributed by atoms with Crippen molar-refractivity contribution in [1.29, 1.82) is 0 Å². The Bertz CT molecular complexity index is 454. The van der Waals surface area contributed by atoms with Crippen molar-refractivity contribution in [2.75, 3.05) is 0 Å². The lowest BCUT2D eigenvalue weighted by Gasteiger charge is -2.00. The van der Waals surface area contributed by atoms with Gasteiger partial charge in [0.05, 0.1) is 6.42 Å². The number of hydrogen-bond acceptors (Lipinski definition) is 3. The maximum atomic E-state index is 11.3. The maximum absolute atomic E-state index is 11.3. The molecule has 0 aliphatic rings. The number of carboxylic acids is 1. The second kappa shape index (κ2) is 6.15.